The van der Waals surface area contributed by atoms with Crippen molar-refractivity contribution in [3.8, 4) is 51.0 Å². The number of anilines is 6. The SMILES string of the molecule is Cc1c(C(=O)N(c2ccc(OP(=O)(Oc3ccc(N(C(=O)c4cc(-c5cc(F)ccc5C(=O)N5Cc6ccccc6C[C@H]5CN5CCOCC5)n(C)c4C)c4cnn(C)c4)cc3)Oc3ccc(N(C(=O)c4cc(-c5cc(F)ccc5C(=O)N5Cc6ccccc6C[C@H]5CN5CCOCC5)n(C)c4C)c4cnn(C)c4)cc3)cc2)c2cnn(C)c2)cc(-c2cc(F)ccc2C(=O)N2Cc3ccccc3C[C@H]2CN2CCOCC2)n1C. The lowest BCUT2D eigenvalue weighted by Gasteiger charge is -2.40. The molecule has 6 aliphatic heterocycles. The maximum Gasteiger partial charge on any atom is 0.647 e. The lowest BCUT2D eigenvalue weighted by Crippen LogP contribution is -2.52. The predicted molar refractivity (Wildman–Crippen MR) is 558 cm³/mol. The molecule has 0 saturated carbocycles. The third-order valence-corrected chi connectivity index (χ3v) is 31.0. The quantitative estimate of drug-likeness (QED) is 0.0433. The van der Waals surface area contributed by atoms with Gasteiger partial charge in [-0.15, -0.1) is 0 Å². The summed E-state index contributed by atoms with van der Waals surface area (Å²) in [7, 11) is 5.30. The molecule has 0 radical (unpaired) electrons. The molecule has 764 valence electrons. The highest BCUT2D eigenvalue weighted by Gasteiger charge is 2.42. The Balaban J connectivity index is 0.601. The smallest absolute Gasteiger partial charge is 0.386 e. The van der Waals surface area contributed by atoms with Gasteiger partial charge in [0.1, 0.15) is 34.7 Å². The van der Waals surface area contributed by atoms with E-state index in [1.54, 1.807) is 164 Å². The van der Waals surface area contributed by atoms with Crippen LogP contribution in [-0.2, 0) is 100.0 Å². The Morgan fingerprint density at radius 3 is 0.839 bits per heavy atom. The number of nitrogens with zero attached hydrogens (tertiary/aromatic N) is 18. The fraction of sp³-hybridized carbons (Fsp3) is 0.289. The summed E-state index contributed by atoms with van der Waals surface area (Å²) in [6, 6.07) is 59.3. The van der Waals surface area contributed by atoms with Crippen LogP contribution >= 0.6 is 7.82 Å². The fourth-order valence-electron chi connectivity index (χ4n) is 21.4. The van der Waals surface area contributed by atoms with Crippen molar-refractivity contribution in [2.45, 2.75) is 77.8 Å². The van der Waals surface area contributed by atoms with Crippen LogP contribution in [0.4, 0.5) is 47.3 Å². The first-order valence-electron chi connectivity index (χ1n) is 50.0. The Morgan fingerprint density at radius 1 is 0.336 bits per heavy atom. The number of hydrogen-bond acceptors (Lipinski definition) is 19. The molecule has 0 spiro atoms. The van der Waals surface area contributed by atoms with Gasteiger partial charge in [0.25, 0.3) is 35.4 Å². The van der Waals surface area contributed by atoms with Crippen molar-refractivity contribution in [1.82, 2.24) is 72.4 Å². The van der Waals surface area contributed by atoms with Gasteiger partial charge in [-0.25, -0.2) is 13.2 Å². The van der Waals surface area contributed by atoms with Crippen LogP contribution in [0.1, 0.15) is 113 Å². The first-order valence-corrected chi connectivity index (χ1v) is 51.4. The summed E-state index contributed by atoms with van der Waals surface area (Å²) in [6.45, 7) is 15.9. The number of hydrogen-bond donors (Lipinski definition) is 0. The van der Waals surface area contributed by atoms with Gasteiger partial charge >= 0.3 is 7.82 Å². The van der Waals surface area contributed by atoms with Crippen LogP contribution in [0.15, 0.2) is 256 Å². The van der Waals surface area contributed by atoms with Gasteiger partial charge in [-0.3, -0.25) is 72.2 Å². The molecule has 21 rings (SSSR count). The number of halogens is 3. The molecule has 3 saturated heterocycles. The molecule has 0 N–H and O–H groups in total. The van der Waals surface area contributed by atoms with Crippen LogP contribution in [0.3, 0.4) is 0 Å². The second-order valence-corrected chi connectivity index (χ2v) is 40.4. The second kappa shape index (κ2) is 42.0. The number of amides is 6. The molecule has 6 amide bonds. The summed E-state index contributed by atoms with van der Waals surface area (Å²) in [6.07, 6.45) is 11.4. The van der Waals surface area contributed by atoms with E-state index < -0.39 is 43.0 Å². The van der Waals surface area contributed by atoms with E-state index in [1.807, 2.05) is 69.3 Å². The van der Waals surface area contributed by atoms with E-state index in [1.165, 1.54) is 124 Å². The molecule has 9 aromatic carbocycles. The van der Waals surface area contributed by atoms with E-state index in [9.17, 15) is 0 Å². The molecule has 31 nitrogen and oxygen atoms in total. The fourth-order valence-corrected chi connectivity index (χ4v) is 22.7. The van der Waals surface area contributed by atoms with E-state index in [4.69, 9.17) is 27.8 Å². The lowest BCUT2D eigenvalue weighted by atomic mass is 9.92. The van der Waals surface area contributed by atoms with E-state index in [2.05, 4.69) is 48.2 Å². The molecular formula is C114H114F3N18O13P. The van der Waals surface area contributed by atoms with Gasteiger partial charge in [0.2, 0.25) is 0 Å². The summed E-state index contributed by atoms with van der Waals surface area (Å²) < 4.78 is 111. The summed E-state index contributed by atoms with van der Waals surface area (Å²) >= 11 is 0. The minimum atomic E-state index is -5.11. The summed E-state index contributed by atoms with van der Waals surface area (Å²) in [5.74, 6) is -4.44. The van der Waals surface area contributed by atoms with Crippen LogP contribution < -0.4 is 28.3 Å². The van der Waals surface area contributed by atoms with E-state index in [0.717, 1.165) is 72.6 Å². The highest BCUT2D eigenvalue weighted by atomic mass is 31.2. The largest absolute Gasteiger partial charge is 0.647 e. The Hall–Kier alpha value is -15.6. The van der Waals surface area contributed by atoms with Gasteiger partial charge in [0.05, 0.1) is 92.0 Å². The minimum Gasteiger partial charge on any atom is -0.386 e. The van der Waals surface area contributed by atoms with Crippen LogP contribution in [-0.4, -0.2) is 225 Å². The minimum absolute atomic E-state index is 0.0772. The lowest BCUT2D eigenvalue weighted by molar-refractivity contribution is 0.0190. The van der Waals surface area contributed by atoms with Gasteiger partial charge < -0.3 is 56.2 Å². The van der Waals surface area contributed by atoms with Crippen LogP contribution in [0.2, 0.25) is 0 Å². The maximum absolute atomic E-state index is 16.4. The molecule has 149 heavy (non-hydrogen) atoms. The zero-order valence-corrected chi connectivity index (χ0v) is 85.2. The Morgan fingerprint density at radius 2 is 0.591 bits per heavy atom. The Labute approximate surface area is 860 Å². The Bertz CT molecular complexity index is 6980. The van der Waals surface area contributed by atoms with Crippen molar-refractivity contribution in [3.63, 3.8) is 0 Å². The van der Waals surface area contributed by atoms with Crippen LogP contribution in [0.5, 0.6) is 17.2 Å². The number of aromatic nitrogens is 9. The van der Waals surface area contributed by atoms with Gasteiger partial charge in [-0.05, 0) is 219 Å². The third-order valence-electron chi connectivity index (χ3n) is 29.7. The number of ether oxygens (including phenoxy) is 3. The predicted octanol–water partition coefficient (Wildman–Crippen LogP) is 17.5. The molecule has 0 aliphatic carbocycles. The molecule has 15 aromatic rings. The number of phosphoric acid groups is 1. The summed E-state index contributed by atoms with van der Waals surface area (Å²) in [5.41, 5.74) is 13.4. The molecule has 3 atom stereocenters. The molecule has 0 bridgehead atoms. The molecule has 3 fully saturated rings. The molecular weight excluding hydrogens is 1920 g/mol. The van der Waals surface area contributed by atoms with E-state index in [-0.39, 0.29) is 120 Å². The maximum atomic E-state index is 16.4. The van der Waals surface area contributed by atoms with Crippen molar-refractivity contribution in [3.05, 3.63) is 357 Å². The summed E-state index contributed by atoms with van der Waals surface area (Å²) in [4.78, 5) is 111. The number of morpholine rings is 3. The van der Waals surface area contributed by atoms with Gasteiger partial charge in [0, 0.05) is 242 Å². The van der Waals surface area contributed by atoms with Crippen molar-refractivity contribution in [1.29, 1.82) is 0 Å². The second-order valence-electron chi connectivity index (χ2n) is 39.0. The van der Waals surface area contributed by atoms with E-state index >= 15 is 46.5 Å². The number of phosphoric ester groups is 1. The number of rotatable bonds is 27. The van der Waals surface area contributed by atoms with Crippen molar-refractivity contribution >= 4 is 77.4 Å². The highest BCUT2D eigenvalue weighted by Crippen LogP contribution is 2.52. The first-order chi connectivity index (χ1) is 72.1. The van der Waals surface area contributed by atoms with Crippen molar-refractivity contribution in [2.75, 3.05) is 113 Å². The average Bonchev–Trinajstić information content (AvgIpc) is 1.64. The zero-order chi connectivity index (χ0) is 103. The molecule has 0 unspecified atom stereocenters. The first kappa shape index (κ1) is 99.4. The number of carbonyl (C=O) groups excluding carboxylic acids is 6. The Kier molecular flexibility index (Phi) is 28.0. The topological polar surface area (TPSA) is 272 Å². The van der Waals surface area contributed by atoms with Crippen LogP contribution in [0.25, 0.3) is 33.8 Å². The highest BCUT2D eigenvalue weighted by molar-refractivity contribution is 7.49. The third kappa shape index (κ3) is 20.4. The van der Waals surface area contributed by atoms with Gasteiger partial charge in [-0.2, -0.15) is 19.9 Å². The van der Waals surface area contributed by atoms with Crippen molar-refractivity contribution in [2.24, 2.45) is 42.3 Å². The van der Waals surface area contributed by atoms with Crippen LogP contribution in [0, 0.1) is 38.2 Å². The van der Waals surface area contributed by atoms with E-state index in [0.29, 0.717) is 149 Å². The molecule has 12 heterocycles. The average molecular weight is 2030 g/mol. The number of carbonyl (C=O) groups is 6. The molecule has 35 heteroatoms. The monoisotopic (exact) mass is 2030 g/mol. The molecule has 6 aromatic heterocycles. The molecule has 6 aliphatic rings. The normalized spacial score (nSPS) is 16.6. The van der Waals surface area contributed by atoms with Gasteiger partial charge in [0.15, 0.2) is 0 Å². The number of fused-ring (bicyclic) bond motifs is 3. The van der Waals surface area contributed by atoms with Gasteiger partial charge in [-0.1, -0.05) is 72.8 Å². The van der Waals surface area contributed by atoms with Crippen molar-refractivity contribution < 1.29 is 74.3 Å². The zero-order valence-electron chi connectivity index (χ0n) is 84.3. The number of aryl methyl sites for hydroxylation is 3. The standard InChI is InChI=1S/C114H114F3N18O13P/c1-73-100(58-106(124(73)7)103-55-82(115)22-37-97(103)109(136)130-64-79-19-13-10-16-76(79)52-88(130)70-127-40-46-143-47-41-127)112(139)133(91-61-118-121(4)67-91)85-25-31-94(32-26-85)146-149(142,147-95-33-27-86(28-34-95)134(92-62-119-122(5)68-92)113(140)101-59-107(125(8)74(101)2)104-56-83(116)23-38-98(104)110(137)131-65-80-20-14-11-17-77(80)53-89(131)71-128-42-48-144-49-43-128)148-96-35-29-87(30-36-96)135(93-63-120-123(6)69-93)114(141)102-60-108(126(9)75(102)3)105-57-84(117)24-39-99(105)111(138)132-66-81-21-15-12-18-78(81)54-90(132)72-129-44-50-145-51-45-129/h10-39,55-63,67-69,88-90H,40-54,64-66,70-72H2,1-9H3/t88-,89-,90-/m0/s1. The summed E-state index contributed by atoms with van der Waals surface area (Å²) in [5, 5.41) is 13.4. The number of benzene rings is 9.